The van der Waals surface area contributed by atoms with Crippen LogP contribution < -0.4 is 4.74 Å². The van der Waals surface area contributed by atoms with Gasteiger partial charge in [-0.25, -0.2) is 0 Å². The molecule has 0 saturated carbocycles. The molecule has 0 radical (unpaired) electrons. The molecule has 0 unspecified atom stereocenters. The van der Waals surface area contributed by atoms with Crippen molar-refractivity contribution in [2.75, 3.05) is 20.2 Å². The summed E-state index contributed by atoms with van der Waals surface area (Å²) in [6, 6.07) is 8.31. The number of piperidine rings is 1. The minimum Gasteiger partial charge on any atom is -0.497 e. The van der Waals surface area contributed by atoms with E-state index in [9.17, 15) is 0 Å². The van der Waals surface area contributed by atoms with E-state index in [0.29, 0.717) is 0 Å². The quantitative estimate of drug-likeness (QED) is 0.848. The average Bonchev–Trinajstić information content (AvgIpc) is 2.84. The highest BCUT2D eigenvalue weighted by Gasteiger charge is 2.41. The van der Waals surface area contributed by atoms with Gasteiger partial charge in [-0.05, 0) is 33.6 Å². The van der Waals surface area contributed by atoms with Gasteiger partial charge in [-0.1, -0.05) is 17.3 Å². The fourth-order valence-electron chi connectivity index (χ4n) is 2.85. The van der Waals surface area contributed by atoms with Gasteiger partial charge in [0.05, 0.1) is 7.11 Å². The third-order valence-electron chi connectivity index (χ3n) is 4.14. The van der Waals surface area contributed by atoms with Crippen LogP contribution in [0.3, 0.4) is 0 Å². The standard InChI is InChI=1S/C15H19BrN2O2/c1-19-13-4-2-12(3-5-13)11-18-8-6-15(7-9-18)10-14(16)17-20-15/h2-5H,6-11H2,1H3. The van der Waals surface area contributed by atoms with E-state index in [1.54, 1.807) is 7.11 Å². The van der Waals surface area contributed by atoms with Gasteiger partial charge in [-0.2, -0.15) is 0 Å². The van der Waals surface area contributed by atoms with Crippen LogP contribution in [0.15, 0.2) is 29.4 Å². The molecule has 0 bridgehead atoms. The molecule has 0 aliphatic carbocycles. The molecule has 4 nitrogen and oxygen atoms in total. The molecule has 0 aromatic heterocycles. The number of hydrogen-bond acceptors (Lipinski definition) is 4. The van der Waals surface area contributed by atoms with Gasteiger partial charge in [-0.15, -0.1) is 0 Å². The topological polar surface area (TPSA) is 34.1 Å². The Morgan fingerprint density at radius 3 is 2.55 bits per heavy atom. The molecule has 2 aliphatic rings. The van der Waals surface area contributed by atoms with Gasteiger partial charge in [0.2, 0.25) is 0 Å². The summed E-state index contributed by atoms with van der Waals surface area (Å²) in [4.78, 5) is 8.10. The summed E-state index contributed by atoms with van der Waals surface area (Å²) in [5.41, 5.74) is 1.28. The molecule has 1 saturated heterocycles. The van der Waals surface area contributed by atoms with E-state index in [4.69, 9.17) is 9.57 Å². The summed E-state index contributed by atoms with van der Waals surface area (Å²) in [5.74, 6) is 0.910. The normalized spacial score (nSPS) is 21.6. The van der Waals surface area contributed by atoms with Crippen molar-refractivity contribution >= 4 is 20.6 Å². The Bertz CT molecular complexity index is 493. The molecule has 0 atom stereocenters. The lowest BCUT2D eigenvalue weighted by molar-refractivity contribution is -0.0627. The van der Waals surface area contributed by atoms with Gasteiger partial charge >= 0.3 is 0 Å². The second-order valence-corrected chi connectivity index (χ2v) is 6.46. The second-order valence-electron chi connectivity index (χ2n) is 5.54. The molecule has 1 fully saturated rings. The minimum atomic E-state index is -0.0464. The number of ether oxygens (including phenoxy) is 1. The van der Waals surface area contributed by atoms with Crippen LogP contribution in [-0.2, 0) is 11.4 Å². The Morgan fingerprint density at radius 2 is 2.00 bits per heavy atom. The number of benzene rings is 1. The third-order valence-corrected chi connectivity index (χ3v) is 4.56. The second kappa shape index (κ2) is 5.74. The van der Waals surface area contributed by atoms with Crippen molar-refractivity contribution < 1.29 is 9.57 Å². The summed E-state index contributed by atoms with van der Waals surface area (Å²) in [7, 11) is 1.70. The fraction of sp³-hybridized carbons (Fsp3) is 0.533. The lowest BCUT2D eigenvalue weighted by atomic mass is 9.89. The van der Waals surface area contributed by atoms with Crippen molar-refractivity contribution in [3.63, 3.8) is 0 Å². The van der Waals surface area contributed by atoms with E-state index in [-0.39, 0.29) is 5.60 Å². The predicted molar refractivity (Wildman–Crippen MR) is 82.3 cm³/mol. The maximum absolute atomic E-state index is 5.62. The van der Waals surface area contributed by atoms with E-state index < -0.39 is 0 Å². The molecule has 1 aromatic rings. The van der Waals surface area contributed by atoms with E-state index in [2.05, 4.69) is 38.1 Å². The molecule has 20 heavy (non-hydrogen) atoms. The summed E-state index contributed by atoms with van der Waals surface area (Å²) < 4.78 is 6.13. The van der Waals surface area contributed by atoms with Crippen LogP contribution in [0.25, 0.3) is 0 Å². The molecule has 3 rings (SSSR count). The first-order chi connectivity index (χ1) is 9.69. The molecule has 2 aliphatic heterocycles. The number of rotatable bonds is 3. The monoisotopic (exact) mass is 338 g/mol. The van der Waals surface area contributed by atoms with Crippen molar-refractivity contribution in [2.24, 2.45) is 5.16 Å². The number of methoxy groups -OCH3 is 1. The molecule has 5 heteroatoms. The lowest BCUT2D eigenvalue weighted by Gasteiger charge is -2.37. The molecule has 0 N–H and O–H groups in total. The summed E-state index contributed by atoms with van der Waals surface area (Å²) >= 11 is 3.43. The zero-order valence-corrected chi connectivity index (χ0v) is 13.2. The van der Waals surface area contributed by atoms with Crippen molar-refractivity contribution in [3.8, 4) is 5.75 Å². The minimum absolute atomic E-state index is 0.0464. The zero-order chi connectivity index (χ0) is 14.0. The van der Waals surface area contributed by atoms with Gasteiger partial charge in [0, 0.05) is 38.9 Å². The van der Waals surface area contributed by atoms with Crippen LogP contribution in [0.5, 0.6) is 5.75 Å². The maximum Gasteiger partial charge on any atom is 0.146 e. The lowest BCUT2D eigenvalue weighted by Crippen LogP contribution is -2.44. The molecule has 2 heterocycles. The van der Waals surface area contributed by atoms with Crippen molar-refractivity contribution in [1.82, 2.24) is 4.90 Å². The Kier molecular flexibility index (Phi) is 3.98. The smallest absolute Gasteiger partial charge is 0.146 e. The van der Waals surface area contributed by atoms with Crippen LogP contribution in [0.4, 0.5) is 0 Å². The van der Waals surface area contributed by atoms with E-state index >= 15 is 0 Å². The SMILES string of the molecule is COc1ccc(CN2CCC3(CC2)CC(Br)=NO3)cc1. The highest BCUT2D eigenvalue weighted by atomic mass is 79.9. The number of halogens is 1. The van der Waals surface area contributed by atoms with E-state index in [1.165, 1.54) is 5.56 Å². The van der Waals surface area contributed by atoms with Gasteiger partial charge in [-0.3, -0.25) is 4.90 Å². The number of likely N-dealkylation sites (tertiary alicyclic amines) is 1. The van der Waals surface area contributed by atoms with Crippen LogP contribution in [-0.4, -0.2) is 35.3 Å². The van der Waals surface area contributed by atoms with Gasteiger partial charge in [0.15, 0.2) is 0 Å². The number of hydrogen-bond donors (Lipinski definition) is 0. The third kappa shape index (κ3) is 2.99. The zero-order valence-electron chi connectivity index (χ0n) is 11.6. The average molecular weight is 339 g/mol. The number of nitrogens with zero attached hydrogens (tertiary/aromatic N) is 2. The molecule has 0 amide bonds. The Morgan fingerprint density at radius 1 is 1.30 bits per heavy atom. The summed E-state index contributed by atoms with van der Waals surface area (Å²) in [6.07, 6.45) is 3.01. The van der Waals surface area contributed by atoms with Crippen molar-refractivity contribution in [3.05, 3.63) is 29.8 Å². The Balaban J connectivity index is 1.53. The van der Waals surface area contributed by atoms with Crippen LogP contribution >= 0.6 is 15.9 Å². The largest absolute Gasteiger partial charge is 0.497 e. The maximum atomic E-state index is 5.62. The van der Waals surface area contributed by atoms with Crippen LogP contribution in [0, 0.1) is 0 Å². The Hall–Kier alpha value is -1.07. The van der Waals surface area contributed by atoms with Gasteiger partial charge < -0.3 is 9.57 Å². The van der Waals surface area contributed by atoms with E-state index in [1.807, 2.05) is 12.1 Å². The molecular weight excluding hydrogens is 320 g/mol. The first-order valence-electron chi connectivity index (χ1n) is 6.95. The number of oxime groups is 1. The fourth-order valence-corrected chi connectivity index (χ4v) is 3.44. The molecular formula is C15H19BrN2O2. The van der Waals surface area contributed by atoms with Gasteiger partial charge in [0.25, 0.3) is 0 Å². The van der Waals surface area contributed by atoms with Crippen molar-refractivity contribution in [2.45, 2.75) is 31.4 Å². The molecule has 1 aromatic carbocycles. The van der Waals surface area contributed by atoms with Crippen LogP contribution in [0.2, 0.25) is 0 Å². The molecule has 108 valence electrons. The predicted octanol–water partition coefficient (Wildman–Crippen LogP) is 3.16. The van der Waals surface area contributed by atoms with Gasteiger partial charge in [0.1, 0.15) is 16.0 Å². The first kappa shape index (κ1) is 13.9. The summed E-state index contributed by atoms with van der Waals surface area (Å²) in [6.45, 7) is 3.10. The van der Waals surface area contributed by atoms with E-state index in [0.717, 1.165) is 49.3 Å². The Labute approximate surface area is 127 Å². The summed E-state index contributed by atoms with van der Waals surface area (Å²) in [5, 5.41) is 4.04. The highest BCUT2D eigenvalue weighted by Crippen LogP contribution is 2.36. The van der Waals surface area contributed by atoms with Crippen molar-refractivity contribution in [1.29, 1.82) is 0 Å². The van der Waals surface area contributed by atoms with Crippen LogP contribution in [0.1, 0.15) is 24.8 Å². The first-order valence-corrected chi connectivity index (χ1v) is 7.74. The molecule has 1 spiro atoms. The highest BCUT2D eigenvalue weighted by molar-refractivity contribution is 9.18.